The van der Waals surface area contributed by atoms with E-state index in [1.165, 1.54) is 18.3 Å². The summed E-state index contributed by atoms with van der Waals surface area (Å²) in [5.74, 6) is -0.265. The number of halogens is 2. The zero-order chi connectivity index (χ0) is 16.1. The van der Waals surface area contributed by atoms with Crippen molar-refractivity contribution >= 4 is 17.5 Å². The maximum Gasteiger partial charge on any atom is 0.238 e. The molecule has 1 aromatic heterocycles. The van der Waals surface area contributed by atoms with Crippen LogP contribution < -0.4 is 10.1 Å². The molecule has 1 aromatic carbocycles. The highest BCUT2D eigenvalue weighted by Crippen LogP contribution is 2.26. The molecule has 1 heterocycles. The van der Waals surface area contributed by atoms with Crippen LogP contribution in [0.3, 0.4) is 0 Å². The van der Waals surface area contributed by atoms with Crippen molar-refractivity contribution in [2.24, 2.45) is 0 Å². The molecule has 2 aromatic rings. The maximum atomic E-state index is 14.1. The Morgan fingerprint density at radius 1 is 1.36 bits per heavy atom. The van der Waals surface area contributed by atoms with Gasteiger partial charge in [-0.1, -0.05) is 6.07 Å². The van der Waals surface area contributed by atoms with Crippen LogP contribution in [0.4, 0.5) is 4.39 Å². The van der Waals surface area contributed by atoms with Gasteiger partial charge < -0.3 is 10.1 Å². The van der Waals surface area contributed by atoms with Gasteiger partial charge in [0.15, 0.2) is 11.6 Å². The summed E-state index contributed by atoms with van der Waals surface area (Å²) < 4.78 is 19.5. The minimum atomic E-state index is -0.638. The summed E-state index contributed by atoms with van der Waals surface area (Å²) in [5, 5.41) is 2.07. The lowest BCUT2D eigenvalue weighted by atomic mass is 10.1. The molecule has 22 heavy (non-hydrogen) atoms. The first-order valence-corrected chi connectivity index (χ1v) is 7.23. The molecule has 1 N–H and O–H groups in total. The van der Waals surface area contributed by atoms with Crippen LogP contribution >= 0.6 is 11.6 Å². The lowest BCUT2D eigenvalue weighted by Crippen LogP contribution is -2.31. The van der Waals surface area contributed by atoms with E-state index >= 15 is 0 Å². The third kappa shape index (κ3) is 4.18. The fourth-order valence-electron chi connectivity index (χ4n) is 1.82. The molecule has 2 atom stereocenters. The van der Waals surface area contributed by atoms with Gasteiger partial charge in [0.2, 0.25) is 5.91 Å². The standard InChI is InChI=1S/C16H16ClFN2O2/c1-10(17)16(21)20-11(2)12-5-6-15(14(18)8-12)22-13-4-3-7-19-9-13/h3-11H,1-2H3,(H,20,21). The van der Waals surface area contributed by atoms with E-state index in [1.54, 1.807) is 38.2 Å². The average molecular weight is 323 g/mol. The fourth-order valence-corrected chi connectivity index (χ4v) is 1.88. The average Bonchev–Trinajstić information content (AvgIpc) is 2.50. The largest absolute Gasteiger partial charge is 0.453 e. The molecule has 0 aliphatic carbocycles. The topological polar surface area (TPSA) is 51.2 Å². The number of ether oxygens (including phenoxy) is 1. The molecule has 0 saturated carbocycles. The third-order valence-electron chi connectivity index (χ3n) is 3.04. The first kappa shape index (κ1) is 16.2. The summed E-state index contributed by atoms with van der Waals surface area (Å²) in [4.78, 5) is 15.4. The Kier molecular flexibility index (Phi) is 5.33. The fraction of sp³-hybridized carbons (Fsp3) is 0.250. The minimum absolute atomic E-state index is 0.0981. The molecule has 0 radical (unpaired) electrons. The number of carbonyl (C=O) groups is 1. The molecular formula is C16H16ClFN2O2. The van der Waals surface area contributed by atoms with Crippen LogP contribution in [0.25, 0.3) is 0 Å². The molecule has 0 saturated heterocycles. The number of nitrogens with zero attached hydrogens (tertiary/aromatic N) is 1. The molecule has 0 aliphatic heterocycles. The second-order valence-electron chi connectivity index (χ2n) is 4.83. The van der Waals surface area contributed by atoms with Crippen molar-refractivity contribution in [3.05, 3.63) is 54.1 Å². The molecule has 0 bridgehead atoms. The van der Waals surface area contributed by atoms with Crippen LogP contribution in [-0.2, 0) is 4.79 Å². The summed E-state index contributed by atoms with van der Waals surface area (Å²) in [7, 11) is 0. The van der Waals surface area contributed by atoms with Gasteiger partial charge in [0.05, 0.1) is 12.2 Å². The summed E-state index contributed by atoms with van der Waals surface area (Å²) in [6, 6.07) is 7.58. The number of benzene rings is 1. The van der Waals surface area contributed by atoms with Gasteiger partial charge in [-0.2, -0.15) is 0 Å². The van der Waals surface area contributed by atoms with Crippen molar-refractivity contribution in [2.45, 2.75) is 25.3 Å². The maximum absolute atomic E-state index is 14.1. The van der Waals surface area contributed by atoms with E-state index in [0.29, 0.717) is 11.3 Å². The molecule has 0 aliphatic rings. The Morgan fingerprint density at radius 3 is 2.73 bits per heavy atom. The van der Waals surface area contributed by atoms with Crippen LogP contribution in [0, 0.1) is 5.82 Å². The van der Waals surface area contributed by atoms with E-state index in [0.717, 1.165) is 0 Å². The first-order valence-electron chi connectivity index (χ1n) is 6.79. The highest BCUT2D eigenvalue weighted by Gasteiger charge is 2.15. The van der Waals surface area contributed by atoms with Crippen molar-refractivity contribution in [1.29, 1.82) is 0 Å². The highest BCUT2D eigenvalue weighted by atomic mass is 35.5. The Balaban J connectivity index is 2.10. The molecular weight excluding hydrogens is 307 g/mol. The van der Waals surface area contributed by atoms with Gasteiger partial charge in [-0.3, -0.25) is 9.78 Å². The SMILES string of the molecule is CC(Cl)C(=O)NC(C)c1ccc(Oc2cccnc2)c(F)c1. The molecule has 0 spiro atoms. The Hall–Kier alpha value is -2.14. The predicted octanol–water partition coefficient (Wildman–Crippen LogP) is 3.82. The summed E-state index contributed by atoms with van der Waals surface area (Å²) in [5.41, 5.74) is 0.627. The second-order valence-corrected chi connectivity index (χ2v) is 5.48. The summed E-state index contributed by atoms with van der Waals surface area (Å²) >= 11 is 5.69. The number of rotatable bonds is 5. The molecule has 116 valence electrons. The Labute approximate surface area is 133 Å². The van der Waals surface area contributed by atoms with Crippen molar-refractivity contribution < 1.29 is 13.9 Å². The third-order valence-corrected chi connectivity index (χ3v) is 3.24. The quantitative estimate of drug-likeness (QED) is 0.851. The molecule has 1 amide bonds. The first-order chi connectivity index (χ1) is 10.5. The summed E-state index contributed by atoms with van der Waals surface area (Å²) in [6.07, 6.45) is 3.10. The lowest BCUT2D eigenvalue weighted by Gasteiger charge is -2.16. The number of amides is 1. The van der Waals surface area contributed by atoms with E-state index < -0.39 is 11.2 Å². The van der Waals surface area contributed by atoms with Gasteiger partial charge in [0, 0.05) is 6.20 Å². The second kappa shape index (κ2) is 7.22. The van der Waals surface area contributed by atoms with Gasteiger partial charge in [-0.15, -0.1) is 11.6 Å². The van der Waals surface area contributed by atoms with E-state index in [1.807, 2.05) is 0 Å². The summed E-state index contributed by atoms with van der Waals surface area (Å²) in [6.45, 7) is 3.34. The molecule has 6 heteroatoms. The minimum Gasteiger partial charge on any atom is -0.453 e. The van der Waals surface area contributed by atoms with Crippen LogP contribution in [0.1, 0.15) is 25.5 Å². The van der Waals surface area contributed by atoms with Gasteiger partial charge in [0.1, 0.15) is 11.1 Å². The number of pyridine rings is 1. The molecule has 2 unspecified atom stereocenters. The van der Waals surface area contributed by atoms with Crippen LogP contribution in [0.15, 0.2) is 42.7 Å². The van der Waals surface area contributed by atoms with Gasteiger partial charge in [0.25, 0.3) is 0 Å². The van der Waals surface area contributed by atoms with Gasteiger partial charge >= 0.3 is 0 Å². The van der Waals surface area contributed by atoms with E-state index in [9.17, 15) is 9.18 Å². The molecule has 4 nitrogen and oxygen atoms in total. The number of carbonyl (C=O) groups excluding carboxylic acids is 1. The van der Waals surface area contributed by atoms with E-state index in [-0.39, 0.29) is 17.7 Å². The number of hydrogen-bond donors (Lipinski definition) is 1. The van der Waals surface area contributed by atoms with Crippen LogP contribution in [-0.4, -0.2) is 16.3 Å². The number of alkyl halides is 1. The van der Waals surface area contributed by atoms with Crippen LogP contribution in [0.5, 0.6) is 11.5 Å². The lowest BCUT2D eigenvalue weighted by molar-refractivity contribution is -0.121. The van der Waals surface area contributed by atoms with Gasteiger partial charge in [-0.25, -0.2) is 4.39 Å². The van der Waals surface area contributed by atoms with Crippen molar-refractivity contribution in [2.75, 3.05) is 0 Å². The highest BCUT2D eigenvalue weighted by molar-refractivity contribution is 6.30. The zero-order valence-electron chi connectivity index (χ0n) is 12.2. The monoisotopic (exact) mass is 322 g/mol. The van der Waals surface area contributed by atoms with E-state index in [2.05, 4.69) is 10.3 Å². The number of aromatic nitrogens is 1. The van der Waals surface area contributed by atoms with Crippen LogP contribution in [0.2, 0.25) is 0 Å². The van der Waals surface area contributed by atoms with Crippen molar-refractivity contribution in [3.8, 4) is 11.5 Å². The number of nitrogens with one attached hydrogen (secondary N) is 1. The number of hydrogen-bond acceptors (Lipinski definition) is 3. The normalized spacial score (nSPS) is 13.3. The molecule has 0 fully saturated rings. The van der Waals surface area contributed by atoms with E-state index in [4.69, 9.17) is 16.3 Å². The Morgan fingerprint density at radius 2 is 2.14 bits per heavy atom. The van der Waals surface area contributed by atoms with Crippen molar-refractivity contribution in [3.63, 3.8) is 0 Å². The van der Waals surface area contributed by atoms with Crippen molar-refractivity contribution in [1.82, 2.24) is 10.3 Å². The smallest absolute Gasteiger partial charge is 0.238 e. The molecule has 2 rings (SSSR count). The predicted molar refractivity (Wildman–Crippen MR) is 82.6 cm³/mol. The Bertz CT molecular complexity index is 650. The zero-order valence-corrected chi connectivity index (χ0v) is 13.0. The van der Waals surface area contributed by atoms with Gasteiger partial charge in [-0.05, 0) is 43.7 Å².